The van der Waals surface area contributed by atoms with Gasteiger partial charge in [0, 0.05) is 46.7 Å². The summed E-state index contributed by atoms with van der Waals surface area (Å²) in [4.78, 5) is 27.0. The second kappa shape index (κ2) is 13.6. The lowest BCUT2D eigenvalue weighted by Gasteiger charge is -2.42. The molecule has 2 saturated heterocycles. The Morgan fingerprint density at radius 1 is 0.961 bits per heavy atom. The average Bonchev–Trinajstić information content (AvgIpc) is 3.31. The second-order valence-corrected chi connectivity index (χ2v) is 22.6. The molecule has 2 aromatic carbocycles. The third kappa shape index (κ3) is 6.51. The van der Waals surface area contributed by atoms with E-state index in [2.05, 4.69) is 62.4 Å². The summed E-state index contributed by atoms with van der Waals surface area (Å²) in [5, 5.41) is 2.32. The molecule has 6 rings (SSSR count). The maximum Gasteiger partial charge on any atom is 0.410 e. The van der Waals surface area contributed by atoms with Gasteiger partial charge in [-0.3, -0.25) is 9.88 Å². The van der Waals surface area contributed by atoms with Crippen molar-refractivity contribution >= 4 is 57.7 Å². The van der Waals surface area contributed by atoms with Gasteiger partial charge in [0.1, 0.15) is 28.7 Å². The number of piperazine rings is 1. The SMILES string of the molecule is Cc1nc(N2CC3CCC(C2)N3C(=O)OC(C)(C)C)c2cnc(-c3cc(O[Si](C(C)C)(C(C)C)C(C)C)cc4ccc(F)c(Br)c34)c(F)c2c1C. The summed E-state index contributed by atoms with van der Waals surface area (Å²) in [5.74, 6) is 0.374. The summed E-state index contributed by atoms with van der Waals surface area (Å²) in [6.07, 6.45) is 3.14. The fraction of sp³-hybridized carbons (Fsp3) is 0.525. The van der Waals surface area contributed by atoms with Crippen LogP contribution in [0.3, 0.4) is 0 Å². The summed E-state index contributed by atoms with van der Waals surface area (Å²) < 4.78 is 45.6. The Bertz CT molecular complexity index is 1980. The standard InChI is InChI=1S/C40H51BrF2N4O3Si/c1-21(2)51(22(3)4,23(5)6)50-29-16-26-12-15-32(42)35(41)34(26)30(17-29)37-36(43)33-24(7)25(8)45-38(31(33)18-44-37)46-19-27-13-14-28(20-46)47(27)39(48)49-40(9,10)11/h12,15-18,21-23,27-28H,13-14,19-20H2,1-11H3. The molecule has 51 heavy (non-hydrogen) atoms. The number of hydrogen-bond acceptors (Lipinski definition) is 6. The number of carbonyl (C=O) groups excluding carboxylic acids is 1. The Kier molecular flexibility index (Phi) is 9.98. The average molecular weight is 782 g/mol. The van der Waals surface area contributed by atoms with E-state index in [1.54, 1.807) is 12.3 Å². The number of benzene rings is 2. The highest BCUT2D eigenvalue weighted by molar-refractivity contribution is 9.10. The van der Waals surface area contributed by atoms with E-state index in [0.29, 0.717) is 68.7 Å². The van der Waals surface area contributed by atoms with Gasteiger partial charge in [0.15, 0.2) is 5.82 Å². The maximum atomic E-state index is 17.3. The molecule has 4 heterocycles. The lowest BCUT2D eigenvalue weighted by atomic mass is 9.97. The first kappa shape index (κ1) is 37.4. The van der Waals surface area contributed by atoms with Crippen LogP contribution in [-0.4, -0.2) is 60.1 Å². The summed E-state index contributed by atoms with van der Waals surface area (Å²) in [6, 6.07) is 6.86. The number of nitrogens with zero attached hydrogens (tertiary/aromatic N) is 4. The highest BCUT2D eigenvalue weighted by Crippen LogP contribution is 2.46. The topological polar surface area (TPSA) is 67.8 Å². The summed E-state index contributed by atoms with van der Waals surface area (Å²) in [6.45, 7) is 23.9. The lowest BCUT2D eigenvalue weighted by Crippen LogP contribution is -2.57. The van der Waals surface area contributed by atoms with Gasteiger partial charge in [-0.2, -0.15) is 0 Å². The molecule has 0 saturated carbocycles. The Hall–Kier alpha value is -3.31. The van der Waals surface area contributed by atoms with Crippen LogP contribution in [0.15, 0.2) is 34.9 Å². The van der Waals surface area contributed by atoms with Crippen LogP contribution in [0.1, 0.15) is 86.4 Å². The summed E-state index contributed by atoms with van der Waals surface area (Å²) in [7, 11) is -2.38. The first-order chi connectivity index (χ1) is 23.8. The van der Waals surface area contributed by atoms with Gasteiger partial charge in [0.2, 0.25) is 0 Å². The van der Waals surface area contributed by atoms with Gasteiger partial charge in [-0.05, 0) is 109 Å². The number of hydrogen-bond donors (Lipinski definition) is 0. The fourth-order valence-electron chi connectivity index (χ4n) is 8.80. The van der Waals surface area contributed by atoms with Gasteiger partial charge in [0.05, 0.1) is 16.6 Å². The normalized spacial score (nSPS) is 18.2. The first-order valence-electron chi connectivity index (χ1n) is 18.2. The molecule has 2 aliphatic heterocycles. The van der Waals surface area contributed by atoms with Gasteiger partial charge in [-0.15, -0.1) is 0 Å². The van der Waals surface area contributed by atoms with E-state index in [9.17, 15) is 4.79 Å². The molecule has 0 spiro atoms. The number of aryl methyl sites for hydroxylation is 2. The van der Waals surface area contributed by atoms with Crippen molar-refractivity contribution in [1.82, 2.24) is 14.9 Å². The van der Waals surface area contributed by atoms with Gasteiger partial charge in [0.25, 0.3) is 8.32 Å². The minimum absolute atomic E-state index is 0.0336. The van der Waals surface area contributed by atoms with Crippen molar-refractivity contribution in [1.29, 1.82) is 0 Å². The van der Waals surface area contributed by atoms with Crippen molar-refractivity contribution in [2.24, 2.45) is 0 Å². The van der Waals surface area contributed by atoms with Crippen LogP contribution in [-0.2, 0) is 4.74 Å². The molecule has 2 unspecified atom stereocenters. The molecule has 11 heteroatoms. The predicted molar refractivity (Wildman–Crippen MR) is 208 cm³/mol. The van der Waals surface area contributed by atoms with Crippen LogP contribution in [0.4, 0.5) is 19.4 Å². The molecule has 4 aromatic rings. The molecule has 274 valence electrons. The minimum atomic E-state index is -2.38. The van der Waals surface area contributed by atoms with E-state index >= 15 is 8.78 Å². The van der Waals surface area contributed by atoms with Crippen molar-refractivity contribution in [3.8, 4) is 17.0 Å². The number of rotatable bonds is 7. The molecule has 7 nitrogen and oxygen atoms in total. The molecular weight excluding hydrogens is 730 g/mol. The third-order valence-electron chi connectivity index (χ3n) is 11.1. The fourth-order valence-corrected chi connectivity index (χ4v) is 14.6. The van der Waals surface area contributed by atoms with Crippen molar-refractivity contribution < 1.29 is 22.7 Å². The Labute approximate surface area is 310 Å². The third-order valence-corrected chi connectivity index (χ3v) is 17.9. The second-order valence-electron chi connectivity index (χ2n) is 16.4. The molecule has 2 aliphatic rings. The van der Waals surface area contributed by atoms with Gasteiger partial charge in [-0.1, -0.05) is 47.6 Å². The van der Waals surface area contributed by atoms with E-state index in [4.69, 9.17) is 19.1 Å². The van der Waals surface area contributed by atoms with E-state index < -0.39 is 25.6 Å². The number of carbonyl (C=O) groups is 1. The summed E-state index contributed by atoms with van der Waals surface area (Å²) in [5.41, 5.74) is 2.42. The molecule has 2 aromatic heterocycles. The van der Waals surface area contributed by atoms with Crippen molar-refractivity contribution in [3.63, 3.8) is 0 Å². The van der Waals surface area contributed by atoms with Crippen LogP contribution < -0.4 is 9.33 Å². The van der Waals surface area contributed by atoms with E-state index in [1.165, 1.54) is 6.07 Å². The number of fused-ring (bicyclic) bond motifs is 4. The van der Waals surface area contributed by atoms with E-state index in [-0.39, 0.29) is 28.3 Å². The number of aromatic nitrogens is 2. The molecule has 2 fully saturated rings. The van der Waals surface area contributed by atoms with Crippen LogP contribution in [0.25, 0.3) is 32.8 Å². The largest absolute Gasteiger partial charge is 0.543 e. The highest BCUT2D eigenvalue weighted by Gasteiger charge is 2.47. The van der Waals surface area contributed by atoms with E-state index in [1.807, 2.05) is 51.7 Å². The molecule has 2 bridgehead atoms. The zero-order chi connectivity index (χ0) is 37.3. The monoisotopic (exact) mass is 780 g/mol. The van der Waals surface area contributed by atoms with Crippen LogP contribution in [0.2, 0.25) is 16.6 Å². The number of anilines is 1. The molecule has 1 amide bonds. The van der Waals surface area contributed by atoms with Gasteiger partial charge >= 0.3 is 6.09 Å². The van der Waals surface area contributed by atoms with Crippen LogP contribution >= 0.6 is 15.9 Å². The highest BCUT2D eigenvalue weighted by atomic mass is 79.9. The molecule has 2 atom stereocenters. The number of amides is 1. The quantitative estimate of drug-likeness (QED) is 0.174. The Balaban J connectivity index is 1.49. The zero-order valence-electron chi connectivity index (χ0n) is 31.7. The van der Waals surface area contributed by atoms with Crippen molar-refractivity contribution in [2.45, 2.75) is 123 Å². The van der Waals surface area contributed by atoms with Crippen LogP contribution in [0.5, 0.6) is 5.75 Å². The summed E-state index contributed by atoms with van der Waals surface area (Å²) >= 11 is 3.49. The lowest BCUT2D eigenvalue weighted by molar-refractivity contribution is 0.0123. The van der Waals surface area contributed by atoms with Crippen molar-refractivity contribution in [2.75, 3.05) is 18.0 Å². The predicted octanol–water partition coefficient (Wildman–Crippen LogP) is 11.2. The van der Waals surface area contributed by atoms with E-state index in [0.717, 1.165) is 23.8 Å². The molecule has 0 radical (unpaired) electrons. The molecule has 0 N–H and O–H groups in total. The minimum Gasteiger partial charge on any atom is -0.543 e. The number of ether oxygens (including phenoxy) is 1. The van der Waals surface area contributed by atoms with Crippen molar-refractivity contribution in [3.05, 3.63) is 57.8 Å². The zero-order valence-corrected chi connectivity index (χ0v) is 34.3. The van der Waals surface area contributed by atoms with Gasteiger partial charge in [-0.25, -0.2) is 18.6 Å². The smallest absolute Gasteiger partial charge is 0.410 e. The Morgan fingerprint density at radius 3 is 2.14 bits per heavy atom. The Morgan fingerprint density at radius 2 is 1.57 bits per heavy atom. The number of pyridine rings is 2. The molecular formula is C40H51BrF2N4O3Si. The molecule has 0 aliphatic carbocycles. The maximum absolute atomic E-state index is 17.3. The number of halogens is 3. The first-order valence-corrected chi connectivity index (χ1v) is 21.1. The van der Waals surface area contributed by atoms with Crippen LogP contribution in [0, 0.1) is 25.5 Å². The van der Waals surface area contributed by atoms with Gasteiger partial charge < -0.3 is 14.1 Å².